The van der Waals surface area contributed by atoms with Gasteiger partial charge < -0.3 is 25.7 Å². The summed E-state index contributed by atoms with van der Waals surface area (Å²) < 4.78 is 0. The summed E-state index contributed by atoms with van der Waals surface area (Å²) in [5.41, 5.74) is -2.98. The second-order valence-electron chi connectivity index (χ2n) is 10.0. The van der Waals surface area contributed by atoms with Gasteiger partial charge in [-0.25, -0.2) is 9.59 Å². The Morgan fingerprint density at radius 3 is 2.10 bits per heavy atom. The SMILES string of the molecule is CCCCCCCC(=O)CCCCCC/C=C/[C@@H](C(=O)N[C@@H](Cc1cccs1)C(=O)O)[C@@](O)(CC(=O)O)C(=O)O. The molecule has 1 heterocycles. The van der Waals surface area contributed by atoms with E-state index in [2.05, 4.69) is 12.2 Å². The number of carboxylic acids is 3. The van der Waals surface area contributed by atoms with Crippen LogP contribution in [0.4, 0.5) is 0 Å². The smallest absolute Gasteiger partial charge is 0.337 e. The fraction of sp³-hybridized carbons (Fsp3) is 0.621. The number of nitrogens with one attached hydrogen (secondary N) is 1. The molecule has 3 atom stereocenters. The molecule has 1 aromatic rings. The lowest BCUT2D eigenvalue weighted by Crippen LogP contribution is -2.55. The van der Waals surface area contributed by atoms with E-state index in [1.54, 1.807) is 17.5 Å². The zero-order valence-corrected chi connectivity index (χ0v) is 24.0. The van der Waals surface area contributed by atoms with Crippen molar-refractivity contribution >= 4 is 40.9 Å². The normalized spacial score (nSPS) is 14.3. The van der Waals surface area contributed by atoms with Crippen molar-refractivity contribution in [3.63, 3.8) is 0 Å². The van der Waals surface area contributed by atoms with E-state index in [9.17, 15) is 44.4 Å². The van der Waals surface area contributed by atoms with Gasteiger partial charge in [-0.15, -0.1) is 11.3 Å². The number of Topliss-reactive ketones (excluding diaryl/α,β-unsaturated/α-hetero) is 1. The molecule has 1 rings (SSSR count). The van der Waals surface area contributed by atoms with E-state index >= 15 is 0 Å². The second-order valence-corrected chi connectivity index (χ2v) is 11.1. The highest BCUT2D eigenvalue weighted by atomic mass is 32.1. The topological polar surface area (TPSA) is 178 Å². The Morgan fingerprint density at radius 1 is 0.950 bits per heavy atom. The lowest BCUT2D eigenvalue weighted by molar-refractivity contribution is -0.172. The maximum Gasteiger partial charge on any atom is 0.337 e. The van der Waals surface area contributed by atoms with Gasteiger partial charge in [-0.3, -0.25) is 14.4 Å². The van der Waals surface area contributed by atoms with E-state index in [1.807, 2.05) is 0 Å². The Labute approximate surface area is 239 Å². The molecule has 1 aromatic heterocycles. The van der Waals surface area contributed by atoms with Crippen molar-refractivity contribution < 1.29 is 44.4 Å². The summed E-state index contributed by atoms with van der Waals surface area (Å²) in [6.07, 6.45) is 11.5. The van der Waals surface area contributed by atoms with Gasteiger partial charge in [-0.2, -0.15) is 0 Å². The van der Waals surface area contributed by atoms with E-state index in [4.69, 9.17) is 0 Å². The quantitative estimate of drug-likeness (QED) is 0.0912. The predicted molar refractivity (Wildman–Crippen MR) is 151 cm³/mol. The first-order valence-electron chi connectivity index (χ1n) is 13.9. The third-order valence-electron chi connectivity index (χ3n) is 6.65. The summed E-state index contributed by atoms with van der Waals surface area (Å²) in [5, 5.41) is 43.1. The molecule has 0 fully saturated rings. The van der Waals surface area contributed by atoms with E-state index in [1.165, 1.54) is 30.3 Å². The molecule has 0 saturated heterocycles. The molecular formula is C29H43NO9S. The number of allylic oxidation sites excluding steroid dienone is 1. The van der Waals surface area contributed by atoms with Gasteiger partial charge in [0, 0.05) is 24.1 Å². The van der Waals surface area contributed by atoms with Crippen molar-refractivity contribution in [3.05, 3.63) is 34.5 Å². The van der Waals surface area contributed by atoms with Gasteiger partial charge in [0.2, 0.25) is 5.91 Å². The molecule has 10 nitrogen and oxygen atoms in total. The highest BCUT2D eigenvalue weighted by Crippen LogP contribution is 2.26. The zero-order chi connectivity index (χ0) is 30.0. The van der Waals surface area contributed by atoms with Crippen LogP contribution in [0.5, 0.6) is 0 Å². The first kappa shape index (κ1) is 35.0. The monoisotopic (exact) mass is 581 g/mol. The zero-order valence-electron chi connectivity index (χ0n) is 23.2. The van der Waals surface area contributed by atoms with Crippen molar-refractivity contribution in [1.82, 2.24) is 5.32 Å². The van der Waals surface area contributed by atoms with Gasteiger partial charge >= 0.3 is 17.9 Å². The minimum Gasteiger partial charge on any atom is -0.481 e. The van der Waals surface area contributed by atoms with Gasteiger partial charge in [-0.1, -0.05) is 63.7 Å². The fourth-order valence-corrected chi connectivity index (χ4v) is 5.08. The molecular weight excluding hydrogens is 538 g/mol. The average Bonchev–Trinajstić information content (AvgIpc) is 3.39. The van der Waals surface area contributed by atoms with Crippen LogP contribution >= 0.6 is 11.3 Å². The molecule has 0 spiro atoms. The molecule has 0 saturated carbocycles. The maximum absolute atomic E-state index is 13.0. The van der Waals surface area contributed by atoms with Crippen LogP contribution in [0.2, 0.25) is 0 Å². The molecule has 40 heavy (non-hydrogen) atoms. The van der Waals surface area contributed by atoms with Gasteiger partial charge in [0.25, 0.3) is 0 Å². The van der Waals surface area contributed by atoms with E-state index in [-0.39, 0.29) is 12.2 Å². The van der Waals surface area contributed by atoms with Gasteiger partial charge in [-0.05, 0) is 37.1 Å². The number of thiophene rings is 1. The number of unbranched alkanes of at least 4 members (excludes halogenated alkanes) is 8. The molecule has 0 bridgehead atoms. The minimum atomic E-state index is -2.98. The summed E-state index contributed by atoms with van der Waals surface area (Å²) in [4.78, 5) is 60.6. The lowest BCUT2D eigenvalue weighted by atomic mass is 9.82. The number of hydrogen-bond acceptors (Lipinski definition) is 7. The summed E-state index contributed by atoms with van der Waals surface area (Å²) in [6.45, 7) is 2.15. The summed E-state index contributed by atoms with van der Waals surface area (Å²) in [7, 11) is 0. The molecule has 0 aliphatic heterocycles. The standard InChI is InChI=1S/C29H43NO9S/c1-2-3-4-7-10-14-21(31)15-11-8-5-6-9-12-17-23(29(39,28(37)38)20-25(32)33)26(34)30-24(27(35)36)19-22-16-13-18-40-22/h12-13,16-18,23-24,39H,2-11,14-15,19-20H2,1H3,(H,30,34)(H,32,33)(H,35,36)(H,37,38)/b17-12+/t23-,24-,29-/m0/s1. The summed E-state index contributed by atoms with van der Waals surface area (Å²) in [5.74, 6) is -7.53. The first-order chi connectivity index (χ1) is 19.0. The van der Waals surface area contributed by atoms with Crippen molar-refractivity contribution in [2.75, 3.05) is 0 Å². The molecule has 0 aliphatic carbocycles. The molecule has 0 aliphatic rings. The minimum absolute atomic E-state index is 0.0546. The molecule has 0 unspecified atom stereocenters. The molecule has 0 radical (unpaired) electrons. The van der Waals surface area contributed by atoms with Gasteiger partial charge in [0.1, 0.15) is 11.8 Å². The molecule has 1 amide bonds. The Morgan fingerprint density at radius 2 is 1.57 bits per heavy atom. The first-order valence-corrected chi connectivity index (χ1v) is 14.8. The number of amides is 1. The highest BCUT2D eigenvalue weighted by molar-refractivity contribution is 7.09. The molecule has 224 valence electrons. The Bertz CT molecular complexity index is 976. The fourth-order valence-electron chi connectivity index (χ4n) is 4.33. The average molecular weight is 582 g/mol. The van der Waals surface area contributed by atoms with Crippen molar-refractivity contribution in [2.24, 2.45) is 5.92 Å². The van der Waals surface area contributed by atoms with Crippen LogP contribution in [0.15, 0.2) is 29.7 Å². The van der Waals surface area contributed by atoms with E-state index in [0.29, 0.717) is 30.6 Å². The van der Waals surface area contributed by atoms with Crippen LogP contribution in [-0.2, 0) is 30.4 Å². The Kier molecular flexibility index (Phi) is 16.7. The van der Waals surface area contributed by atoms with Crippen LogP contribution in [0.25, 0.3) is 0 Å². The number of carboxylic acid groups (broad SMARTS) is 3. The van der Waals surface area contributed by atoms with Crippen molar-refractivity contribution in [1.29, 1.82) is 0 Å². The molecule has 0 aromatic carbocycles. The van der Waals surface area contributed by atoms with Crippen molar-refractivity contribution in [2.45, 2.75) is 108 Å². The van der Waals surface area contributed by atoms with Crippen molar-refractivity contribution in [3.8, 4) is 0 Å². The number of carbonyl (C=O) groups is 5. The lowest BCUT2D eigenvalue weighted by Gasteiger charge is -2.29. The van der Waals surface area contributed by atoms with Crippen LogP contribution < -0.4 is 5.32 Å². The predicted octanol–water partition coefficient (Wildman–Crippen LogP) is 4.59. The molecule has 11 heteroatoms. The van der Waals surface area contributed by atoms with Gasteiger partial charge in [0.05, 0.1) is 12.3 Å². The Hall–Kier alpha value is -3.05. The number of aliphatic carboxylic acids is 3. The number of aliphatic hydroxyl groups is 1. The van der Waals surface area contributed by atoms with Crippen LogP contribution in [0.1, 0.15) is 95.3 Å². The third-order valence-corrected chi connectivity index (χ3v) is 7.55. The highest BCUT2D eigenvalue weighted by Gasteiger charge is 2.49. The van der Waals surface area contributed by atoms with Crippen LogP contribution in [-0.4, -0.2) is 61.7 Å². The van der Waals surface area contributed by atoms with Gasteiger partial charge in [0.15, 0.2) is 5.60 Å². The third kappa shape index (κ3) is 13.3. The van der Waals surface area contributed by atoms with Crippen LogP contribution in [0, 0.1) is 5.92 Å². The summed E-state index contributed by atoms with van der Waals surface area (Å²) in [6, 6.07) is 2.01. The largest absolute Gasteiger partial charge is 0.481 e. The molecule has 5 N–H and O–H groups in total. The maximum atomic E-state index is 13.0. The number of carbonyl (C=O) groups excluding carboxylic acids is 2. The Balaban J connectivity index is 2.70. The number of hydrogen-bond donors (Lipinski definition) is 5. The van der Waals surface area contributed by atoms with E-state index < -0.39 is 47.8 Å². The van der Waals surface area contributed by atoms with E-state index in [0.717, 1.165) is 44.6 Å². The van der Waals surface area contributed by atoms with Crippen LogP contribution in [0.3, 0.4) is 0 Å². The number of ketones is 1. The second kappa shape index (κ2) is 19.1. The number of rotatable bonds is 23. The summed E-state index contributed by atoms with van der Waals surface area (Å²) >= 11 is 1.29.